The molecule has 5 heterocycles. The van der Waals surface area contributed by atoms with Crippen molar-refractivity contribution in [2.75, 3.05) is 0 Å². The van der Waals surface area contributed by atoms with E-state index < -0.39 is 0 Å². The predicted octanol–water partition coefficient (Wildman–Crippen LogP) is 28.5. The van der Waals surface area contributed by atoms with Crippen LogP contribution in [0.5, 0.6) is 0 Å². The third kappa shape index (κ3) is 10.3. The van der Waals surface area contributed by atoms with Gasteiger partial charge in [0, 0.05) is 93.4 Å². The number of fused-ring (bicyclic) bond motifs is 18. The SMILES string of the molecule is CC1(C)c2ccccc2-c2ccc(-n3c4ccccc4c4cc(-c5ccc6c(c5)c5ccccc5n6-c5ccc(-c6ccc(-c7nc(-c8ccc(-c9ccccc9)cc8)nc(-c8ccc(-n9c%10ccccc%10c%10cc(-c%11ccc%12c(c%11)c%11ccccc%11n%12-c%11ccc%12c(c%11)C(C)(C)c%11ccccc%11-%12)ccc%109)cc8)n7)cc6)cc5)ccc43)cc21. The quantitative estimate of drug-likeness (QED) is 0.130. The van der Waals surface area contributed by atoms with Crippen LogP contribution in [0.15, 0.2) is 382 Å². The molecule has 0 fully saturated rings. The highest BCUT2D eigenvalue weighted by atomic mass is 15.0. The maximum Gasteiger partial charge on any atom is 0.164 e. The zero-order chi connectivity index (χ0) is 78.2. The summed E-state index contributed by atoms with van der Waals surface area (Å²) in [5.41, 5.74) is 36.4. The van der Waals surface area contributed by atoms with Gasteiger partial charge in [-0.15, -0.1) is 0 Å². The van der Waals surface area contributed by atoms with E-state index in [-0.39, 0.29) is 10.8 Å². The maximum atomic E-state index is 5.30. The van der Waals surface area contributed by atoms with Gasteiger partial charge in [0.2, 0.25) is 0 Å². The third-order valence-electron chi connectivity index (χ3n) is 25.9. The summed E-state index contributed by atoms with van der Waals surface area (Å²) in [6.07, 6.45) is 0. The molecule has 5 aromatic heterocycles. The van der Waals surface area contributed by atoms with Crippen molar-refractivity contribution >= 4 is 87.2 Å². The molecule has 2 aliphatic rings. The van der Waals surface area contributed by atoms with Gasteiger partial charge in [0.1, 0.15) is 0 Å². The normalized spacial score (nSPS) is 13.2. The first kappa shape index (κ1) is 67.5. The summed E-state index contributed by atoms with van der Waals surface area (Å²) in [5, 5.41) is 9.77. The van der Waals surface area contributed by atoms with Crippen LogP contribution in [0, 0.1) is 0 Å². The van der Waals surface area contributed by atoms with E-state index in [4.69, 9.17) is 15.0 Å². The second-order valence-corrected chi connectivity index (χ2v) is 33.1. The summed E-state index contributed by atoms with van der Waals surface area (Å²) in [6.45, 7) is 9.44. The number of aromatic nitrogens is 7. The molecule has 17 aromatic carbocycles. The lowest BCUT2D eigenvalue weighted by Crippen LogP contribution is -2.15. The summed E-state index contributed by atoms with van der Waals surface area (Å²) in [5.74, 6) is 1.80. The van der Waals surface area contributed by atoms with Gasteiger partial charge >= 0.3 is 0 Å². The predicted molar refractivity (Wildman–Crippen MR) is 490 cm³/mol. The first-order valence-corrected chi connectivity index (χ1v) is 40.9. The smallest absolute Gasteiger partial charge is 0.164 e. The Morgan fingerprint density at radius 1 is 0.169 bits per heavy atom. The number of benzene rings is 17. The van der Waals surface area contributed by atoms with E-state index in [2.05, 4.69) is 428 Å². The van der Waals surface area contributed by atoms with E-state index >= 15 is 0 Å². The van der Waals surface area contributed by atoms with Crippen LogP contribution in [0.3, 0.4) is 0 Å². The highest BCUT2D eigenvalue weighted by molar-refractivity contribution is 6.15. The van der Waals surface area contributed by atoms with Crippen LogP contribution in [0.1, 0.15) is 49.9 Å². The molecule has 24 rings (SSSR count). The largest absolute Gasteiger partial charge is 0.309 e. The minimum absolute atomic E-state index is 0.0968. The van der Waals surface area contributed by atoms with Crippen LogP contribution in [0.4, 0.5) is 0 Å². The second kappa shape index (κ2) is 25.7. The molecule has 0 saturated heterocycles. The Balaban J connectivity index is 0.533. The molecule has 0 spiro atoms. The van der Waals surface area contributed by atoms with Gasteiger partial charge in [-0.05, 0) is 222 Å². The van der Waals surface area contributed by atoms with Gasteiger partial charge in [-0.3, -0.25) is 0 Å². The molecule has 118 heavy (non-hydrogen) atoms. The Bertz CT molecular complexity index is 7940. The van der Waals surface area contributed by atoms with E-state index in [9.17, 15) is 0 Å². The maximum absolute atomic E-state index is 5.30. The first-order chi connectivity index (χ1) is 58.0. The van der Waals surface area contributed by atoms with Crippen LogP contribution in [0.25, 0.3) is 211 Å². The van der Waals surface area contributed by atoms with Gasteiger partial charge in [-0.25, -0.2) is 15.0 Å². The zero-order valence-electron chi connectivity index (χ0n) is 65.5. The molecule has 0 atom stereocenters. The van der Waals surface area contributed by atoms with Crippen molar-refractivity contribution in [1.82, 2.24) is 33.2 Å². The highest BCUT2D eigenvalue weighted by Crippen LogP contribution is 2.52. The van der Waals surface area contributed by atoms with Gasteiger partial charge in [0.05, 0.1) is 44.1 Å². The average molecular weight is 1510 g/mol. The number of hydrogen-bond donors (Lipinski definition) is 0. The monoisotopic (exact) mass is 1510 g/mol. The Labute approximate surface area is 682 Å². The average Bonchev–Trinajstić information content (AvgIpc) is 1.57. The van der Waals surface area contributed by atoms with Crippen molar-refractivity contribution in [3.63, 3.8) is 0 Å². The molecule has 0 bridgehead atoms. The van der Waals surface area contributed by atoms with Crippen molar-refractivity contribution < 1.29 is 0 Å². The first-order valence-electron chi connectivity index (χ1n) is 40.9. The van der Waals surface area contributed by atoms with Crippen LogP contribution in [-0.4, -0.2) is 33.2 Å². The molecule has 0 radical (unpaired) electrons. The molecule has 0 unspecified atom stereocenters. The van der Waals surface area contributed by atoms with Crippen molar-refractivity contribution in [3.05, 3.63) is 404 Å². The lowest BCUT2D eigenvalue weighted by molar-refractivity contribution is 0.660. The summed E-state index contributed by atoms with van der Waals surface area (Å²) in [4.78, 5) is 15.8. The van der Waals surface area contributed by atoms with Crippen molar-refractivity contribution in [2.45, 2.75) is 38.5 Å². The van der Waals surface area contributed by atoms with Crippen LogP contribution >= 0.6 is 0 Å². The summed E-state index contributed by atoms with van der Waals surface area (Å²) < 4.78 is 9.70. The fraction of sp³-hybridized carbons (Fsp3) is 0.0541. The Morgan fingerprint density at radius 2 is 0.407 bits per heavy atom. The van der Waals surface area contributed by atoms with Gasteiger partial charge in [0.25, 0.3) is 0 Å². The Kier molecular flexibility index (Phi) is 14.7. The minimum Gasteiger partial charge on any atom is -0.309 e. The van der Waals surface area contributed by atoms with Crippen molar-refractivity contribution in [2.24, 2.45) is 0 Å². The van der Waals surface area contributed by atoms with Gasteiger partial charge in [-0.1, -0.05) is 276 Å². The fourth-order valence-electron chi connectivity index (χ4n) is 20.0. The molecule has 22 aromatic rings. The van der Waals surface area contributed by atoms with Crippen molar-refractivity contribution in [1.29, 1.82) is 0 Å². The lowest BCUT2D eigenvalue weighted by atomic mass is 9.82. The molecule has 554 valence electrons. The van der Waals surface area contributed by atoms with E-state index in [0.717, 1.165) is 72.4 Å². The van der Waals surface area contributed by atoms with E-state index in [1.807, 2.05) is 0 Å². The summed E-state index contributed by atoms with van der Waals surface area (Å²) in [6, 6.07) is 141. The molecule has 0 aliphatic heterocycles. The number of nitrogens with zero attached hydrogens (tertiary/aromatic N) is 7. The summed E-state index contributed by atoms with van der Waals surface area (Å²) >= 11 is 0. The molecule has 7 nitrogen and oxygen atoms in total. The van der Waals surface area contributed by atoms with Crippen LogP contribution < -0.4 is 0 Å². The number of hydrogen-bond acceptors (Lipinski definition) is 3. The highest BCUT2D eigenvalue weighted by Gasteiger charge is 2.37. The van der Waals surface area contributed by atoms with Crippen molar-refractivity contribution in [3.8, 4) is 124 Å². The third-order valence-corrected chi connectivity index (χ3v) is 25.9. The van der Waals surface area contributed by atoms with Crippen LogP contribution in [0.2, 0.25) is 0 Å². The second-order valence-electron chi connectivity index (χ2n) is 33.1. The molecule has 0 N–H and O–H groups in total. The van der Waals surface area contributed by atoms with Crippen LogP contribution in [-0.2, 0) is 10.8 Å². The molecular formula is C111H75N7. The summed E-state index contributed by atoms with van der Waals surface area (Å²) in [7, 11) is 0. The van der Waals surface area contributed by atoms with E-state index in [0.29, 0.717) is 17.5 Å². The molecular weight excluding hydrogens is 1430 g/mol. The van der Waals surface area contributed by atoms with E-state index in [1.54, 1.807) is 0 Å². The minimum atomic E-state index is -0.102. The Hall–Kier alpha value is -15.1. The number of rotatable bonds is 11. The molecule has 0 amide bonds. The van der Waals surface area contributed by atoms with Gasteiger partial charge < -0.3 is 18.3 Å². The molecule has 0 saturated carbocycles. The standard InChI is InChI=1S/C111H75N7/c1-110(2)95-28-14-8-22-83(95)85-56-54-81(66-97(85)110)117-101-32-18-12-26-89(101)93-64-77(48-60-105(93)117)75-46-58-103-91(62-75)87-24-10-16-30-99(87)115(103)79-50-42-71(43-51-79)70-36-40-73(41-37-70)108-112-107(72-38-34-69(35-39-72)68-20-6-5-7-21-68)113-109(114-108)74-44-52-80(53-45-74)116-100-31-17-11-25-88(100)92-63-76(47-59-104(92)116)78-49-61-106-94(65-78)90-27-13-19-33-102(90)118(106)82-55-57-86-84-23-9-15-29-96(84)111(3,4)98(86)67-82/h5-67H,1-4H3. The Morgan fingerprint density at radius 3 is 0.754 bits per heavy atom. The fourth-order valence-corrected chi connectivity index (χ4v) is 20.0. The lowest BCUT2D eigenvalue weighted by Gasteiger charge is -2.22. The zero-order valence-corrected chi connectivity index (χ0v) is 65.5. The van der Waals surface area contributed by atoms with Gasteiger partial charge in [0.15, 0.2) is 17.5 Å². The number of para-hydroxylation sites is 4. The molecule has 2 aliphatic carbocycles. The molecule has 7 heteroatoms. The van der Waals surface area contributed by atoms with E-state index in [1.165, 1.54) is 143 Å². The van der Waals surface area contributed by atoms with Gasteiger partial charge in [-0.2, -0.15) is 0 Å². The topological polar surface area (TPSA) is 58.4 Å².